The summed E-state index contributed by atoms with van der Waals surface area (Å²) in [5, 5.41) is 11.8. The van der Waals surface area contributed by atoms with Gasteiger partial charge in [-0.25, -0.2) is 13.2 Å². The normalized spacial score (nSPS) is 17.4. The predicted molar refractivity (Wildman–Crippen MR) is 93.2 cm³/mol. The van der Waals surface area contributed by atoms with E-state index < -0.39 is 28.9 Å². The number of carbonyl (C=O) groups excluding carboxylic acids is 1. The minimum Gasteiger partial charge on any atom is -0.339 e. The van der Waals surface area contributed by atoms with Crippen molar-refractivity contribution in [1.82, 2.24) is 25.0 Å². The Kier molecular flexibility index (Phi) is 5.71. The number of piperidine rings is 1. The van der Waals surface area contributed by atoms with Crippen molar-refractivity contribution in [2.45, 2.75) is 31.8 Å². The number of amides is 1. The van der Waals surface area contributed by atoms with Crippen LogP contribution in [0.2, 0.25) is 0 Å². The molecular formula is C17H19ClF3N5O. The molecule has 0 radical (unpaired) electrons. The number of benzene rings is 1. The van der Waals surface area contributed by atoms with E-state index in [4.69, 9.17) is 0 Å². The maximum atomic E-state index is 13.8. The second-order valence-corrected chi connectivity index (χ2v) is 6.62. The van der Waals surface area contributed by atoms with Gasteiger partial charge in [-0.2, -0.15) is 0 Å². The van der Waals surface area contributed by atoms with Crippen LogP contribution in [0.25, 0.3) is 0 Å². The highest BCUT2D eigenvalue weighted by atomic mass is 35.5. The molecule has 27 heavy (non-hydrogen) atoms. The second kappa shape index (κ2) is 7.85. The molecule has 1 aromatic heterocycles. The van der Waals surface area contributed by atoms with E-state index in [2.05, 4.69) is 20.1 Å². The Morgan fingerprint density at radius 1 is 1.04 bits per heavy atom. The molecule has 10 heteroatoms. The molecule has 0 bridgehead atoms. The largest absolute Gasteiger partial charge is 0.339 e. The molecule has 2 aliphatic rings. The van der Waals surface area contributed by atoms with Gasteiger partial charge in [0, 0.05) is 38.2 Å². The zero-order valence-electron chi connectivity index (χ0n) is 14.4. The van der Waals surface area contributed by atoms with Crippen molar-refractivity contribution < 1.29 is 18.0 Å². The molecule has 0 saturated carbocycles. The lowest BCUT2D eigenvalue weighted by molar-refractivity contribution is 0.0704. The first-order chi connectivity index (χ1) is 12.5. The quantitative estimate of drug-likeness (QED) is 0.784. The third kappa shape index (κ3) is 3.66. The van der Waals surface area contributed by atoms with Crippen LogP contribution >= 0.6 is 12.4 Å². The average molecular weight is 402 g/mol. The van der Waals surface area contributed by atoms with Crippen LogP contribution in [0.1, 0.15) is 40.8 Å². The zero-order chi connectivity index (χ0) is 18.3. The van der Waals surface area contributed by atoms with Gasteiger partial charge in [0.05, 0.1) is 12.1 Å². The van der Waals surface area contributed by atoms with E-state index in [1.165, 1.54) is 4.90 Å². The summed E-state index contributed by atoms with van der Waals surface area (Å²) in [6.07, 6.45) is 1.34. The molecule has 0 spiro atoms. The lowest BCUT2D eigenvalue weighted by Crippen LogP contribution is -2.39. The molecule has 4 rings (SSSR count). The Balaban J connectivity index is 0.00000210. The Morgan fingerprint density at radius 3 is 2.48 bits per heavy atom. The molecule has 3 heterocycles. The van der Waals surface area contributed by atoms with Crippen molar-refractivity contribution in [3.05, 3.63) is 46.8 Å². The summed E-state index contributed by atoms with van der Waals surface area (Å²) in [6.45, 7) is 3.19. The summed E-state index contributed by atoms with van der Waals surface area (Å²) in [5.41, 5.74) is -0.437. The fourth-order valence-corrected chi connectivity index (χ4v) is 3.61. The summed E-state index contributed by atoms with van der Waals surface area (Å²) < 4.78 is 42.4. The SMILES string of the molecule is Cl.O=C(c1cc(F)c(F)cc1F)N1CCC(c2nnc3n2CCNC3)CC1. The summed E-state index contributed by atoms with van der Waals surface area (Å²) in [4.78, 5) is 13.9. The van der Waals surface area contributed by atoms with Crippen molar-refractivity contribution in [3.63, 3.8) is 0 Å². The van der Waals surface area contributed by atoms with Gasteiger partial charge in [-0.1, -0.05) is 0 Å². The van der Waals surface area contributed by atoms with Crippen molar-refractivity contribution >= 4 is 18.3 Å². The summed E-state index contributed by atoms with van der Waals surface area (Å²) >= 11 is 0. The number of aromatic nitrogens is 3. The summed E-state index contributed by atoms with van der Waals surface area (Å²) in [7, 11) is 0. The molecule has 1 amide bonds. The van der Waals surface area contributed by atoms with Gasteiger partial charge >= 0.3 is 0 Å². The number of fused-ring (bicyclic) bond motifs is 1. The molecule has 2 aromatic rings. The van der Waals surface area contributed by atoms with Crippen LogP contribution in [0.15, 0.2) is 12.1 Å². The van der Waals surface area contributed by atoms with Crippen LogP contribution in [0.5, 0.6) is 0 Å². The smallest absolute Gasteiger partial charge is 0.256 e. The molecule has 2 aliphatic heterocycles. The number of carbonyl (C=O) groups is 1. The zero-order valence-corrected chi connectivity index (χ0v) is 15.2. The number of rotatable bonds is 2. The molecule has 1 fully saturated rings. The average Bonchev–Trinajstić information content (AvgIpc) is 3.08. The van der Waals surface area contributed by atoms with Crippen LogP contribution in [0, 0.1) is 17.5 Å². The fourth-order valence-electron chi connectivity index (χ4n) is 3.61. The number of hydrogen-bond donors (Lipinski definition) is 1. The highest BCUT2D eigenvalue weighted by Gasteiger charge is 2.30. The Morgan fingerprint density at radius 2 is 1.74 bits per heavy atom. The highest BCUT2D eigenvalue weighted by Crippen LogP contribution is 2.29. The van der Waals surface area contributed by atoms with E-state index >= 15 is 0 Å². The number of nitrogens with zero attached hydrogens (tertiary/aromatic N) is 4. The first kappa shape index (κ1) is 19.6. The van der Waals surface area contributed by atoms with Gasteiger partial charge in [0.25, 0.3) is 5.91 Å². The monoisotopic (exact) mass is 401 g/mol. The van der Waals surface area contributed by atoms with E-state index in [-0.39, 0.29) is 18.3 Å². The van der Waals surface area contributed by atoms with Gasteiger partial charge in [-0.05, 0) is 18.9 Å². The van der Waals surface area contributed by atoms with Crippen molar-refractivity contribution in [1.29, 1.82) is 0 Å². The maximum absolute atomic E-state index is 13.8. The first-order valence-corrected chi connectivity index (χ1v) is 8.61. The summed E-state index contributed by atoms with van der Waals surface area (Å²) in [6, 6.07) is 1.03. The molecule has 1 saturated heterocycles. The minimum absolute atomic E-state index is 0. The van der Waals surface area contributed by atoms with E-state index in [1.54, 1.807) is 0 Å². The molecular weight excluding hydrogens is 383 g/mol. The van der Waals surface area contributed by atoms with Gasteiger partial charge < -0.3 is 14.8 Å². The number of hydrogen-bond acceptors (Lipinski definition) is 4. The van der Waals surface area contributed by atoms with Gasteiger partial charge in [0.15, 0.2) is 11.6 Å². The third-order valence-corrected chi connectivity index (χ3v) is 5.04. The van der Waals surface area contributed by atoms with Crippen molar-refractivity contribution in [3.8, 4) is 0 Å². The van der Waals surface area contributed by atoms with E-state index in [1.807, 2.05) is 0 Å². The topological polar surface area (TPSA) is 63.1 Å². The maximum Gasteiger partial charge on any atom is 0.256 e. The molecule has 0 atom stereocenters. The van der Waals surface area contributed by atoms with Crippen molar-refractivity contribution in [2.24, 2.45) is 0 Å². The number of likely N-dealkylation sites (tertiary alicyclic amines) is 1. The summed E-state index contributed by atoms with van der Waals surface area (Å²) in [5.74, 6) is -2.19. The van der Waals surface area contributed by atoms with Gasteiger partial charge in [-0.3, -0.25) is 4.79 Å². The molecule has 0 unspecified atom stereocenters. The van der Waals surface area contributed by atoms with E-state index in [0.717, 1.165) is 24.7 Å². The molecule has 6 nitrogen and oxygen atoms in total. The number of halogens is 4. The Bertz CT molecular complexity index is 851. The van der Waals surface area contributed by atoms with Gasteiger partial charge in [0.2, 0.25) is 0 Å². The lowest BCUT2D eigenvalue weighted by atomic mass is 9.95. The predicted octanol–water partition coefficient (Wildman–Crippen LogP) is 2.24. The van der Waals surface area contributed by atoms with Crippen LogP contribution < -0.4 is 5.32 Å². The molecule has 146 valence electrons. The molecule has 0 aliphatic carbocycles. The second-order valence-electron chi connectivity index (χ2n) is 6.62. The van der Waals surface area contributed by atoms with E-state index in [9.17, 15) is 18.0 Å². The Hall–Kier alpha value is -2.13. The van der Waals surface area contributed by atoms with Crippen LogP contribution in [-0.4, -0.2) is 45.2 Å². The minimum atomic E-state index is -1.30. The fraction of sp³-hybridized carbons (Fsp3) is 0.471. The lowest BCUT2D eigenvalue weighted by Gasteiger charge is -2.32. The van der Waals surface area contributed by atoms with Crippen LogP contribution in [0.3, 0.4) is 0 Å². The number of nitrogens with one attached hydrogen (secondary N) is 1. The third-order valence-electron chi connectivity index (χ3n) is 5.04. The van der Waals surface area contributed by atoms with Gasteiger partial charge in [-0.15, -0.1) is 22.6 Å². The van der Waals surface area contributed by atoms with E-state index in [0.29, 0.717) is 44.6 Å². The van der Waals surface area contributed by atoms with Gasteiger partial charge in [0.1, 0.15) is 17.5 Å². The van der Waals surface area contributed by atoms with Crippen LogP contribution in [-0.2, 0) is 13.1 Å². The first-order valence-electron chi connectivity index (χ1n) is 8.61. The molecule has 1 aromatic carbocycles. The molecule has 1 N–H and O–H groups in total. The van der Waals surface area contributed by atoms with Crippen molar-refractivity contribution in [2.75, 3.05) is 19.6 Å². The highest BCUT2D eigenvalue weighted by molar-refractivity contribution is 5.94. The Labute approximate surface area is 160 Å². The standard InChI is InChI=1S/C17H18F3N5O.ClH/c18-12-8-14(20)13(19)7-11(12)17(26)24-4-1-10(2-5-24)16-23-22-15-9-21-3-6-25(15)16;/h7-8,10,21H,1-6,9H2;1H. The van der Waals surface area contributed by atoms with Crippen LogP contribution in [0.4, 0.5) is 13.2 Å².